The molecule has 0 radical (unpaired) electrons. The predicted octanol–water partition coefficient (Wildman–Crippen LogP) is 6.18. The number of ketones is 2. The topological polar surface area (TPSA) is 330 Å². The van der Waals surface area contributed by atoms with E-state index in [4.69, 9.17) is 45.8 Å². The number of benzene rings is 2. The van der Waals surface area contributed by atoms with Crippen molar-refractivity contribution in [2.24, 2.45) is 23.5 Å². The van der Waals surface area contributed by atoms with Crippen molar-refractivity contribution in [3.63, 3.8) is 0 Å². The van der Waals surface area contributed by atoms with Crippen molar-refractivity contribution in [2.75, 3.05) is 59.9 Å². The number of esters is 2. The molecule has 2 fully saturated rings. The Morgan fingerprint density at radius 1 is 0.936 bits per heavy atom. The summed E-state index contributed by atoms with van der Waals surface area (Å²) in [6, 6.07) is 7.33. The third-order valence-corrected chi connectivity index (χ3v) is 18.4. The van der Waals surface area contributed by atoms with Gasteiger partial charge >= 0.3 is 24.1 Å². The first-order valence-corrected chi connectivity index (χ1v) is 32.2. The zero-order valence-electron chi connectivity index (χ0n) is 55.7. The van der Waals surface area contributed by atoms with Gasteiger partial charge in [0.1, 0.15) is 58.7 Å². The molecule has 94 heavy (non-hydrogen) atoms. The average Bonchev–Trinajstić information content (AvgIpc) is 1.58. The van der Waals surface area contributed by atoms with Crippen LogP contribution in [0.1, 0.15) is 129 Å². The van der Waals surface area contributed by atoms with E-state index in [1.807, 2.05) is 26.8 Å². The lowest BCUT2D eigenvalue weighted by Gasteiger charge is -2.41. The van der Waals surface area contributed by atoms with Gasteiger partial charge in [0.2, 0.25) is 17.7 Å². The van der Waals surface area contributed by atoms with Gasteiger partial charge in [0, 0.05) is 104 Å². The number of likely N-dealkylation sites (N-methyl/N-ethyl adjacent to an activating group) is 1. The molecule has 5 N–H and O–H groups in total. The Morgan fingerprint density at radius 3 is 2.27 bits per heavy atom. The molecule has 0 aliphatic carbocycles. The van der Waals surface area contributed by atoms with Crippen LogP contribution in [0.5, 0.6) is 5.75 Å². The molecule has 10 atom stereocenters. The Balaban J connectivity index is 1.03. The smallest absolute Gasteiger partial charge is 0.409 e. The summed E-state index contributed by atoms with van der Waals surface area (Å²) >= 11 is 6.85. The van der Waals surface area contributed by atoms with Crippen LogP contribution < -0.4 is 26.0 Å². The quantitative estimate of drug-likeness (QED) is 0.0243. The molecule has 2 saturated heterocycles. The Morgan fingerprint density at radius 2 is 1.62 bits per heavy atom. The second kappa shape index (κ2) is 33.9. The summed E-state index contributed by atoms with van der Waals surface area (Å²) in [7, 11) is 7.28. The summed E-state index contributed by atoms with van der Waals surface area (Å²) in [6.45, 7) is 10.6. The van der Waals surface area contributed by atoms with Gasteiger partial charge in [-0.15, -0.1) is 0 Å². The van der Waals surface area contributed by atoms with Gasteiger partial charge in [-0.25, -0.2) is 14.4 Å². The molecule has 25 nitrogen and oxygen atoms in total. The molecule has 514 valence electrons. The van der Waals surface area contributed by atoms with Crippen LogP contribution in [0.3, 0.4) is 0 Å². The fourth-order valence-electron chi connectivity index (χ4n) is 11.8. The number of urea groups is 1. The SMILES string of the molecule is COc1cc2cc(c1Cl)N(C)C(=O)C[C@H](OC(=O)[C@H](C)N(C)C(=O)CCN(C)C(=O)OCc1ccc(CC(=O)[C@@H](CCCNC(N)=O)NC(=O)[C@H](CC(=O)CCCCCN3C(=O)C=CC3=O)C(C)C)cc1)[C@]1(C)O[C@H]1[C@H](C)[C@@H]1C[C@@](O)(CC(=O)O1)[C@H](OC)/C=C/C=C(\C)C2. The Labute approximate surface area is 554 Å². The molecule has 0 aromatic heterocycles. The van der Waals surface area contributed by atoms with Gasteiger partial charge < -0.3 is 64.6 Å². The number of anilines is 1. The molecule has 4 aliphatic heterocycles. The van der Waals surface area contributed by atoms with E-state index in [1.165, 1.54) is 69.1 Å². The highest BCUT2D eigenvalue weighted by molar-refractivity contribution is 6.35. The number of epoxide rings is 1. The van der Waals surface area contributed by atoms with E-state index in [-0.39, 0.29) is 106 Å². The predicted molar refractivity (Wildman–Crippen MR) is 346 cm³/mol. The van der Waals surface area contributed by atoms with Crippen molar-refractivity contribution in [3.05, 3.63) is 94.1 Å². The minimum Gasteiger partial charge on any atom is -0.495 e. The highest BCUT2D eigenvalue weighted by atomic mass is 35.5. The number of amides is 8. The number of halogens is 1. The van der Waals surface area contributed by atoms with E-state index >= 15 is 0 Å². The molecule has 6 rings (SSSR count). The van der Waals surface area contributed by atoms with Gasteiger partial charge in [-0.2, -0.15) is 0 Å². The van der Waals surface area contributed by atoms with E-state index < -0.39 is 108 Å². The number of hydrogen-bond donors (Lipinski definition) is 4. The molecular weight excluding hydrogens is 1240 g/mol. The van der Waals surface area contributed by atoms with Gasteiger partial charge in [0.15, 0.2) is 5.78 Å². The number of allylic oxidation sites excluding steroid dienone is 3. The van der Waals surface area contributed by atoms with Crippen LogP contribution in [-0.2, 0) is 86.3 Å². The number of primary amides is 1. The fraction of sp³-hybridized carbons (Fsp3) is 0.574. The molecule has 2 aromatic carbocycles. The highest BCUT2D eigenvalue weighted by Gasteiger charge is 2.64. The lowest BCUT2D eigenvalue weighted by atomic mass is 9.78. The van der Waals surface area contributed by atoms with Gasteiger partial charge in [0.05, 0.1) is 37.8 Å². The van der Waals surface area contributed by atoms with Crippen LogP contribution in [0.25, 0.3) is 0 Å². The van der Waals surface area contributed by atoms with Crippen LogP contribution >= 0.6 is 11.6 Å². The maximum absolute atomic E-state index is 14.5. The van der Waals surface area contributed by atoms with Gasteiger partial charge in [-0.3, -0.25) is 43.3 Å². The highest BCUT2D eigenvalue weighted by Crippen LogP contribution is 2.50. The summed E-state index contributed by atoms with van der Waals surface area (Å²) in [6.07, 6.45) is 4.80. The molecule has 8 amide bonds. The van der Waals surface area contributed by atoms with E-state index in [9.17, 15) is 57.8 Å². The number of methoxy groups -OCH3 is 2. The average molecular weight is 1330 g/mol. The minimum atomic E-state index is -1.66. The van der Waals surface area contributed by atoms with Crippen LogP contribution in [0.2, 0.25) is 5.02 Å². The maximum Gasteiger partial charge on any atom is 0.409 e. The molecule has 4 heterocycles. The first-order chi connectivity index (χ1) is 44.4. The number of imide groups is 1. The van der Waals surface area contributed by atoms with Crippen molar-refractivity contribution in [1.29, 1.82) is 0 Å². The van der Waals surface area contributed by atoms with Crippen LogP contribution in [0, 0.1) is 17.8 Å². The number of rotatable bonds is 28. The first-order valence-electron chi connectivity index (χ1n) is 31.8. The second-order valence-corrected chi connectivity index (χ2v) is 25.8. The minimum absolute atomic E-state index is 0.0158. The molecule has 4 bridgehead atoms. The standard InChI is InChI=1S/C68H92ClN7O18/c1-40(2)48(35-47(77)18-13-12-14-29-76-57(80)25-26-58(76)81)63(84)72-49(19-16-28-71-65(70)86)51(78)33-44-21-23-45(24-22-44)39-91-66(87)73(7)30-27-56(79)74(8)43(5)64(85)93-55-36-59(82)75(9)50-32-46(34-52(89-10)61(50)69)31-41(3)17-15-20-54(90-11)68(88)37-53(92-60(83)38-68)42(4)62-67(55,6)94-62/h15,17,20-26,32,34,40,42-43,48-49,53-55,62,88H,12-14,16,18-19,27-31,33,35-39H2,1-11H3,(H,72,84)(H3,70,71,86)/b20-15+,41-17+/t42-,43+,48-,49-,53+,54-,55+,62+,67+,68-/m1/s1. The van der Waals surface area contributed by atoms with Crippen LogP contribution in [-0.4, -0.2) is 188 Å². The number of ether oxygens (including phenoxy) is 6. The van der Waals surface area contributed by atoms with E-state index in [0.29, 0.717) is 54.7 Å². The van der Waals surface area contributed by atoms with Crippen molar-refractivity contribution < 1.29 is 86.3 Å². The number of carbonyl (C=O) groups is 11. The fourth-order valence-corrected chi connectivity index (χ4v) is 12.2. The number of unbranched alkanes of at least 4 members (excludes halogenated alkanes) is 2. The number of nitrogens with two attached hydrogens (primary N) is 1. The summed E-state index contributed by atoms with van der Waals surface area (Å²) in [5, 5.41) is 17.5. The molecule has 26 heteroatoms. The van der Waals surface area contributed by atoms with Gasteiger partial charge in [-0.05, 0) is 87.6 Å². The zero-order valence-corrected chi connectivity index (χ0v) is 56.5. The molecule has 4 aliphatic rings. The summed E-state index contributed by atoms with van der Waals surface area (Å²) in [5.74, 6) is -5.43. The number of fused-ring (bicyclic) bond motifs is 5. The Bertz CT molecular complexity index is 3210. The Hall–Kier alpha value is -8.00. The second-order valence-electron chi connectivity index (χ2n) is 25.5. The Kier molecular flexibility index (Phi) is 27.1. The molecule has 0 spiro atoms. The third-order valence-electron chi connectivity index (χ3n) is 18.0. The van der Waals surface area contributed by atoms with Crippen molar-refractivity contribution in [3.8, 4) is 5.75 Å². The number of aliphatic hydroxyl groups is 1. The van der Waals surface area contributed by atoms with Gasteiger partial charge in [-0.1, -0.05) is 86.9 Å². The molecular formula is C68H92ClN7O18. The monoisotopic (exact) mass is 1330 g/mol. The summed E-state index contributed by atoms with van der Waals surface area (Å²) < 4.78 is 35.3. The van der Waals surface area contributed by atoms with Crippen molar-refractivity contribution >= 4 is 82.5 Å². The number of nitrogens with zero attached hydrogens (tertiary/aromatic N) is 4. The van der Waals surface area contributed by atoms with Crippen LogP contribution in [0.4, 0.5) is 15.3 Å². The maximum atomic E-state index is 14.5. The summed E-state index contributed by atoms with van der Waals surface area (Å²) in [4.78, 5) is 149. The lowest BCUT2D eigenvalue weighted by molar-refractivity contribution is -0.187. The number of hydrogen-bond acceptors (Lipinski definition) is 18. The van der Waals surface area contributed by atoms with Gasteiger partial charge in [0.25, 0.3) is 11.8 Å². The first kappa shape index (κ1) is 75.0. The number of Topliss-reactive ketones (excluding diaryl/α,β-unsaturated/α-hetero) is 2. The van der Waals surface area contributed by atoms with E-state index in [2.05, 4.69) is 10.6 Å². The molecule has 0 unspecified atom stereocenters. The zero-order chi connectivity index (χ0) is 69.4. The molecule has 2 aromatic rings. The third kappa shape index (κ3) is 20.3. The normalized spacial score (nSPS) is 24.0. The lowest BCUT2D eigenvalue weighted by Crippen LogP contribution is -2.53. The number of nitrogens with one attached hydrogen (secondary N) is 2. The summed E-state index contributed by atoms with van der Waals surface area (Å²) in [5.41, 5.74) is 5.41. The largest absolute Gasteiger partial charge is 0.495 e. The van der Waals surface area contributed by atoms with Crippen molar-refractivity contribution in [2.45, 2.75) is 179 Å². The van der Waals surface area contributed by atoms with Crippen molar-refractivity contribution in [1.82, 2.24) is 25.3 Å². The molecule has 0 saturated carbocycles. The number of carbonyl (C=O) groups excluding carboxylic acids is 11. The van der Waals surface area contributed by atoms with E-state index in [1.54, 1.807) is 62.4 Å². The van der Waals surface area contributed by atoms with Crippen LogP contribution in [0.15, 0.2) is 72.4 Å². The van der Waals surface area contributed by atoms with E-state index in [0.717, 1.165) is 16.0 Å².